The van der Waals surface area contributed by atoms with Crippen molar-refractivity contribution in [2.24, 2.45) is 37.8 Å². The molecule has 2 aromatic rings. The number of carbonyl (C=O) groups is 2. The highest BCUT2D eigenvalue weighted by Crippen LogP contribution is 2.57. The molecule has 1 saturated heterocycles. The van der Waals surface area contributed by atoms with Crippen LogP contribution in [0.25, 0.3) is 5.76 Å². The van der Waals surface area contributed by atoms with Crippen molar-refractivity contribution in [2.45, 2.75) is 65.0 Å². The first-order valence-electron chi connectivity index (χ1n) is 12.5. The summed E-state index contributed by atoms with van der Waals surface area (Å²) in [6.07, 6.45) is 7.63. The van der Waals surface area contributed by atoms with Crippen molar-refractivity contribution in [1.29, 1.82) is 0 Å². The lowest BCUT2D eigenvalue weighted by Gasteiger charge is -2.57. The zero-order valence-electron chi connectivity index (χ0n) is 20.6. The van der Waals surface area contributed by atoms with E-state index in [9.17, 15) is 14.7 Å². The first kappa shape index (κ1) is 21.6. The maximum atomic E-state index is 13.7. The highest BCUT2D eigenvalue weighted by atomic mass is 16.3. The number of aliphatic hydroxyl groups is 1. The number of rotatable bonds is 3. The van der Waals surface area contributed by atoms with Crippen molar-refractivity contribution in [3.63, 3.8) is 0 Å². The smallest absolute Gasteiger partial charge is 0.295 e. The second kappa shape index (κ2) is 7.30. The van der Waals surface area contributed by atoms with E-state index in [-0.39, 0.29) is 17.4 Å². The average molecular weight is 464 g/mol. The van der Waals surface area contributed by atoms with Gasteiger partial charge in [-0.1, -0.05) is 0 Å². The molecule has 2 aromatic heterocycles. The lowest BCUT2D eigenvalue weighted by Crippen LogP contribution is -2.57. The Balaban J connectivity index is 1.55. The predicted octanol–water partition coefficient (Wildman–Crippen LogP) is 3.33. The van der Waals surface area contributed by atoms with Crippen LogP contribution in [-0.4, -0.2) is 47.3 Å². The molecule has 180 valence electrons. The molecular formula is C26H33N5O3. The molecule has 1 amide bonds. The van der Waals surface area contributed by atoms with Gasteiger partial charge in [0.2, 0.25) is 0 Å². The number of carbonyl (C=O) groups excluding carboxylic acids is 2. The van der Waals surface area contributed by atoms with Crippen LogP contribution in [0.2, 0.25) is 0 Å². The van der Waals surface area contributed by atoms with Crippen molar-refractivity contribution >= 4 is 17.4 Å². The van der Waals surface area contributed by atoms with Crippen LogP contribution in [0.4, 0.5) is 0 Å². The number of Topliss-reactive ketones (excluding diaryl/α,β-unsaturated/α-hetero) is 1. The second-order valence-corrected chi connectivity index (χ2v) is 11.1. The van der Waals surface area contributed by atoms with Gasteiger partial charge >= 0.3 is 0 Å². The topological polar surface area (TPSA) is 93.2 Å². The zero-order valence-corrected chi connectivity index (χ0v) is 20.6. The van der Waals surface area contributed by atoms with E-state index in [2.05, 4.69) is 10.2 Å². The quantitative estimate of drug-likeness (QED) is 0.428. The van der Waals surface area contributed by atoms with Crippen molar-refractivity contribution < 1.29 is 14.7 Å². The fourth-order valence-corrected chi connectivity index (χ4v) is 7.85. The third-order valence-electron chi connectivity index (χ3n) is 9.29. The van der Waals surface area contributed by atoms with E-state index in [0.29, 0.717) is 23.1 Å². The molecule has 1 aliphatic heterocycles. The normalized spacial score (nSPS) is 34.0. The number of hydrogen-bond donors (Lipinski definition) is 1. The summed E-state index contributed by atoms with van der Waals surface area (Å²) in [5, 5.41) is 20.4. The van der Waals surface area contributed by atoms with Crippen molar-refractivity contribution in [2.75, 3.05) is 0 Å². The average Bonchev–Trinajstić information content (AvgIpc) is 3.33. The van der Waals surface area contributed by atoms with Crippen LogP contribution in [0, 0.1) is 44.4 Å². The minimum atomic E-state index is -0.629. The van der Waals surface area contributed by atoms with Gasteiger partial charge in [-0.2, -0.15) is 10.2 Å². The lowest BCUT2D eigenvalue weighted by atomic mass is 9.53. The van der Waals surface area contributed by atoms with Crippen LogP contribution in [0.3, 0.4) is 0 Å². The van der Waals surface area contributed by atoms with Crippen LogP contribution in [0.15, 0.2) is 11.8 Å². The fraction of sp³-hybridized carbons (Fsp3) is 0.615. The summed E-state index contributed by atoms with van der Waals surface area (Å²) in [5.74, 6) is 1.17. The first-order valence-corrected chi connectivity index (χ1v) is 12.5. The Morgan fingerprint density at radius 1 is 0.941 bits per heavy atom. The fourth-order valence-electron chi connectivity index (χ4n) is 7.85. The summed E-state index contributed by atoms with van der Waals surface area (Å²) in [7, 11) is 3.68. The molecule has 8 nitrogen and oxygen atoms in total. The third kappa shape index (κ3) is 2.83. The highest BCUT2D eigenvalue weighted by molar-refractivity contribution is 6.46. The molecule has 34 heavy (non-hydrogen) atoms. The largest absolute Gasteiger partial charge is 0.507 e. The van der Waals surface area contributed by atoms with Gasteiger partial charge in [-0.15, -0.1) is 0 Å². The van der Waals surface area contributed by atoms with Gasteiger partial charge in [0.05, 0.1) is 29.1 Å². The van der Waals surface area contributed by atoms with E-state index in [0.717, 1.165) is 54.5 Å². The maximum Gasteiger partial charge on any atom is 0.295 e. The molecule has 4 saturated carbocycles. The molecular weight excluding hydrogens is 430 g/mol. The van der Waals surface area contributed by atoms with Gasteiger partial charge in [0, 0.05) is 37.1 Å². The number of amides is 1. The summed E-state index contributed by atoms with van der Waals surface area (Å²) in [6, 6.07) is -0.592. The molecule has 0 unspecified atom stereocenters. The summed E-state index contributed by atoms with van der Waals surface area (Å²) in [4.78, 5) is 29.2. The van der Waals surface area contributed by atoms with Crippen molar-refractivity contribution in [1.82, 2.24) is 24.5 Å². The molecule has 0 spiro atoms. The van der Waals surface area contributed by atoms with Gasteiger partial charge < -0.3 is 10.0 Å². The Bertz CT molecular complexity index is 1220. The standard InChI is InChI=1S/C26H33N5O3/c1-12-20(14(3)30(5)28-12)24(32)21-23(19-11-27-29(4)13(19)2)31(26(34)25(21)33)22-17-7-15-6-16(9-17)10-18(22)8-15/h11,15-18,22-23,32H,6-10H2,1-5H3/t15?,16?,17?,18?,22?,23-/m0/s1. The SMILES string of the molecule is Cc1nn(C)c(C)c1C(O)=C1C(=O)C(=O)N(C2C3CC4CC(C3)CC2C4)[C@H]1c1cnn(C)c1C. The molecule has 4 aliphatic carbocycles. The molecule has 1 atom stereocenters. The summed E-state index contributed by atoms with van der Waals surface area (Å²) in [6.45, 7) is 5.65. The van der Waals surface area contributed by atoms with Crippen LogP contribution in [-0.2, 0) is 23.7 Å². The third-order valence-corrected chi connectivity index (χ3v) is 9.29. The van der Waals surface area contributed by atoms with E-state index in [1.807, 2.05) is 39.8 Å². The molecule has 4 bridgehead atoms. The minimum Gasteiger partial charge on any atom is -0.507 e. The molecule has 3 heterocycles. The molecule has 1 N–H and O–H groups in total. The molecule has 5 aliphatic rings. The predicted molar refractivity (Wildman–Crippen MR) is 126 cm³/mol. The number of likely N-dealkylation sites (tertiary alicyclic amines) is 1. The van der Waals surface area contributed by atoms with Gasteiger partial charge in [0.25, 0.3) is 11.7 Å². The Kier molecular flexibility index (Phi) is 4.64. The van der Waals surface area contributed by atoms with Crippen molar-refractivity contribution in [3.05, 3.63) is 40.0 Å². The molecule has 8 heteroatoms. The Labute approximate surface area is 199 Å². The van der Waals surface area contributed by atoms with E-state index in [1.54, 1.807) is 15.6 Å². The van der Waals surface area contributed by atoms with Crippen LogP contribution < -0.4 is 0 Å². The number of hydrogen-bond acceptors (Lipinski definition) is 5. The summed E-state index contributed by atoms with van der Waals surface area (Å²) < 4.78 is 3.47. The number of ketones is 1. The minimum absolute atomic E-state index is 0.0373. The summed E-state index contributed by atoms with van der Waals surface area (Å²) in [5.41, 5.74) is 3.83. The van der Waals surface area contributed by atoms with Crippen molar-refractivity contribution in [3.8, 4) is 0 Å². The monoisotopic (exact) mass is 463 g/mol. The lowest BCUT2D eigenvalue weighted by molar-refractivity contribution is -0.148. The number of nitrogens with zero attached hydrogens (tertiary/aromatic N) is 5. The van der Waals surface area contributed by atoms with Crippen LogP contribution in [0.1, 0.15) is 66.4 Å². The van der Waals surface area contributed by atoms with Gasteiger partial charge in [0.15, 0.2) is 0 Å². The van der Waals surface area contributed by atoms with E-state index >= 15 is 0 Å². The van der Waals surface area contributed by atoms with Crippen LogP contribution in [0.5, 0.6) is 0 Å². The van der Waals surface area contributed by atoms with Crippen LogP contribution >= 0.6 is 0 Å². The molecule has 7 rings (SSSR count). The zero-order chi connectivity index (χ0) is 24.0. The highest BCUT2D eigenvalue weighted by Gasteiger charge is 2.57. The number of aliphatic hydroxyl groups excluding tert-OH is 1. The molecule has 0 radical (unpaired) electrons. The second-order valence-electron chi connectivity index (χ2n) is 11.1. The van der Waals surface area contributed by atoms with Gasteiger partial charge in [-0.05, 0) is 76.5 Å². The first-order chi connectivity index (χ1) is 16.2. The van der Waals surface area contributed by atoms with E-state index in [1.165, 1.54) is 6.42 Å². The number of aromatic nitrogens is 4. The number of aryl methyl sites for hydroxylation is 3. The Morgan fingerprint density at radius 2 is 1.56 bits per heavy atom. The Morgan fingerprint density at radius 3 is 2.06 bits per heavy atom. The van der Waals surface area contributed by atoms with Gasteiger partial charge in [0.1, 0.15) is 5.76 Å². The molecule has 5 fully saturated rings. The molecule has 0 aromatic carbocycles. The summed E-state index contributed by atoms with van der Waals surface area (Å²) >= 11 is 0. The van der Waals surface area contributed by atoms with E-state index in [4.69, 9.17) is 0 Å². The maximum absolute atomic E-state index is 13.7. The van der Waals surface area contributed by atoms with Gasteiger partial charge in [-0.3, -0.25) is 19.0 Å². The van der Waals surface area contributed by atoms with Gasteiger partial charge in [-0.25, -0.2) is 0 Å². The Hall–Kier alpha value is -2.90. The van der Waals surface area contributed by atoms with E-state index < -0.39 is 17.7 Å².